The van der Waals surface area contributed by atoms with Gasteiger partial charge in [-0.05, 0) is 0 Å². The molecule has 0 saturated carbocycles. The van der Waals surface area contributed by atoms with Crippen LogP contribution >= 0.6 is 0 Å². The topological polar surface area (TPSA) is 384 Å². The van der Waals surface area contributed by atoms with Crippen LogP contribution in [0, 0.1) is 10.1 Å². The molecule has 0 aliphatic rings. The fraction of sp³-hybridized carbons (Fsp3) is 0. The largest absolute Gasteiger partial charge is 0.734 e. The van der Waals surface area contributed by atoms with Gasteiger partial charge in [-0.15, -0.1) is 10.1 Å². The van der Waals surface area contributed by atoms with Crippen molar-refractivity contribution in [3.05, 3.63) is 10.1 Å². The summed E-state index contributed by atoms with van der Waals surface area (Å²) >= 11 is 0. The Hall–Kier alpha value is -1.41. The Labute approximate surface area is 93.6 Å². The Kier molecular flexibility index (Phi) is 1190. The fourth-order valence-corrected chi connectivity index (χ4v) is 0. The summed E-state index contributed by atoms with van der Waals surface area (Å²) in [5.41, 5.74) is 0. The number of rotatable bonds is 0. The zero-order chi connectivity index (χ0) is 7.15. The summed E-state index contributed by atoms with van der Waals surface area (Å²) in [5, 5.41) is 13.6. The maximum absolute atomic E-state index is 10.1. The maximum Gasteiger partial charge on any atom is 0.734 e. The van der Waals surface area contributed by atoms with E-state index in [9.17, 15) is 4.11 Å². The summed E-state index contributed by atoms with van der Waals surface area (Å²) in [6.07, 6.45) is 0. The van der Waals surface area contributed by atoms with Crippen molar-refractivity contribution in [1.82, 2.24) is 0 Å². The van der Waals surface area contributed by atoms with Crippen molar-refractivity contribution in [2.45, 2.75) is 0 Å². The SMILES string of the molecule is O.O.O.O.O.O.O.O.O.O=[N+]([O-])O.O=[Si](O)F. The molecule has 15 nitrogen and oxygen atoms in total. The van der Waals surface area contributed by atoms with Crippen molar-refractivity contribution >= 4 is 9.26 Å². The lowest BCUT2D eigenvalue weighted by Crippen LogP contribution is -1.81. The first-order valence-corrected chi connectivity index (χ1v) is 2.42. The number of halogens is 1. The zero-order valence-electron chi connectivity index (χ0n) is 7.94. The van der Waals surface area contributed by atoms with Crippen molar-refractivity contribution in [3.8, 4) is 0 Å². The highest BCUT2D eigenvalue weighted by molar-refractivity contribution is 6.23. The highest BCUT2D eigenvalue weighted by Crippen LogP contribution is 1.46. The molecular weight excluding hydrogens is 285 g/mol. The monoisotopic (exact) mass is 305 g/mol. The number of hydrogen-bond donors (Lipinski definition) is 2. The predicted molar refractivity (Wildman–Crippen MR) is 51.1 cm³/mol. The van der Waals surface area contributed by atoms with Crippen LogP contribution in [0.5, 0.6) is 0 Å². The Morgan fingerprint density at radius 2 is 0.882 bits per heavy atom. The average Bonchev–Trinajstić information content (AvgIpc) is 1.25. The van der Waals surface area contributed by atoms with Gasteiger partial charge in [0.25, 0.3) is 5.09 Å². The Morgan fingerprint density at radius 1 is 0.882 bits per heavy atom. The molecule has 0 heterocycles. The highest BCUT2D eigenvalue weighted by atomic mass is 28.3. The van der Waals surface area contributed by atoms with Crippen LogP contribution in [0.4, 0.5) is 4.11 Å². The van der Waals surface area contributed by atoms with Gasteiger partial charge in [0.15, 0.2) is 0 Å². The molecule has 0 aromatic rings. The van der Waals surface area contributed by atoms with E-state index in [1.807, 2.05) is 0 Å². The van der Waals surface area contributed by atoms with Crippen molar-refractivity contribution in [3.63, 3.8) is 0 Å². The lowest BCUT2D eigenvalue weighted by molar-refractivity contribution is -0.742. The van der Waals surface area contributed by atoms with Crippen LogP contribution < -0.4 is 0 Å². The van der Waals surface area contributed by atoms with Gasteiger partial charge in [-0.1, -0.05) is 0 Å². The van der Waals surface area contributed by atoms with Gasteiger partial charge in [0.05, 0.1) is 0 Å². The lowest BCUT2D eigenvalue weighted by Gasteiger charge is -1.56. The van der Waals surface area contributed by atoms with E-state index in [1.54, 1.807) is 0 Å². The summed E-state index contributed by atoms with van der Waals surface area (Å²) in [7, 11) is -3.63. The second-order valence-corrected chi connectivity index (χ2v) is 0.997. The van der Waals surface area contributed by atoms with Crippen LogP contribution in [0.3, 0.4) is 0 Å². The molecule has 0 rings (SSSR count). The quantitative estimate of drug-likeness (QED) is 0.189. The predicted octanol–water partition coefficient (Wildman–Crippen LogP) is -8.41. The van der Waals surface area contributed by atoms with E-state index in [1.165, 1.54) is 0 Å². The lowest BCUT2D eigenvalue weighted by atomic mass is 13.1. The molecule has 0 bridgehead atoms. The average molecular weight is 305 g/mol. The highest BCUT2D eigenvalue weighted by Gasteiger charge is 1.87. The van der Waals surface area contributed by atoms with Crippen molar-refractivity contribution in [2.75, 3.05) is 0 Å². The molecule has 0 aliphatic carbocycles. The molecule has 0 fully saturated rings. The second kappa shape index (κ2) is 128. The minimum atomic E-state index is -3.63. The molecule has 0 aromatic heterocycles. The van der Waals surface area contributed by atoms with E-state index < -0.39 is 14.3 Å². The first kappa shape index (κ1) is 158. The molecule has 0 saturated heterocycles. The van der Waals surface area contributed by atoms with Crippen LogP contribution in [-0.4, -0.2) is 73.6 Å². The molecule has 0 radical (unpaired) electrons. The molecule has 120 valence electrons. The van der Waals surface area contributed by atoms with E-state index in [4.69, 9.17) is 24.6 Å². The molecule has 20 N–H and O–H groups in total. The minimum absolute atomic E-state index is 0. The van der Waals surface area contributed by atoms with Gasteiger partial charge in [0.1, 0.15) is 0 Å². The standard InChI is InChI=1S/FHO2Si.HNO3.9H2O/c1-4(2)3;2-1(3)4;;;;;;;;;/h2H;(H,2,3,4);9*1H2. The summed E-state index contributed by atoms with van der Waals surface area (Å²) in [6, 6.07) is 0. The van der Waals surface area contributed by atoms with Gasteiger partial charge in [-0.25, -0.2) is 0 Å². The van der Waals surface area contributed by atoms with Crippen LogP contribution in [0.25, 0.3) is 0 Å². The smallest absolute Gasteiger partial charge is 0.517 e. The fourth-order valence-electron chi connectivity index (χ4n) is 0. The van der Waals surface area contributed by atoms with Crippen molar-refractivity contribution in [2.24, 2.45) is 0 Å². The minimum Gasteiger partial charge on any atom is -0.517 e. The third-order valence-corrected chi connectivity index (χ3v) is 0. The van der Waals surface area contributed by atoms with Crippen LogP contribution in [0.1, 0.15) is 0 Å². The van der Waals surface area contributed by atoms with Gasteiger partial charge in [0, 0.05) is 0 Å². The van der Waals surface area contributed by atoms with E-state index in [-0.39, 0.29) is 49.3 Å². The van der Waals surface area contributed by atoms with E-state index in [0.29, 0.717) is 0 Å². The van der Waals surface area contributed by atoms with Crippen LogP contribution in [0.2, 0.25) is 0 Å². The molecule has 0 aromatic carbocycles. The van der Waals surface area contributed by atoms with E-state index >= 15 is 0 Å². The Morgan fingerprint density at radius 3 is 0.882 bits per heavy atom. The van der Waals surface area contributed by atoms with Crippen LogP contribution in [-0.2, 0) is 4.46 Å². The molecular formula is H20FNO14Si. The van der Waals surface area contributed by atoms with Gasteiger partial charge >= 0.3 is 9.26 Å². The number of hydrogen-bond acceptors (Lipinski definition) is 3. The molecule has 0 amide bonds. The first-order valence-electron chi connectivity index (χ1n) is 1.18. The van der Waals surface area contributed by atoms with Gasteiger partial charge in [0.2, 0.25) is 0 Å². The summed E-state index contributed by atoms with van der Waals surface area (Å²) in [5.74, 6) is 0. The van der Waals surface area contributed by atoms with Crippen LogP contribution in [0.15, 0.2) is 0 Å². The number of nitrogens with zero attached hydrogens (tertiary/aromatic N) is 1. The van der Waals surface area contributed by atoms with E-state index in [0.717, 1.165) is 0 Å². The molecule has 0 aliphatic heterocycles. The summed E-state index contributed by atoms with van der Waals surface area (Å²) in [4.78, 5) is 15.3. The molecule has 0 spiro atoms. The van der Waals surface area contributed by atoms with E-state index in [2.05, 4.69) is 0 Å². The molecule has 17 heavy (non-hydrogen) atoms. The normalized spacial score (nSPS) is 2.88. The van der Waals surface area contributed by atoms with Crippen molar-refractivity contribution < 1.29 is 72.9 Å². The molecule has 0 atom stereocenters. The Bertz CT molecular complexity index is 74.2. The third kappa shape index (κ3) is 1160. The van der Waals surface area contributed by atoms with Crippen molar-refractivity contribution in [1.29, 1.82) is 0 Å². The van der Waals surface area contributed by atoms with Gasteiger partial charge in [-0.3, -0.25) is 4.46 Å². The first-order chi connectivity index (χ1) is 3.46. The van der Waals surface area contributed by atoms with Gasteiger partial charge < -0.3 is 59.3 Å². The van der Waals surface area contributed by atoms with Gasteiger partial charge in [-0.2, -0.15) is 4.11 Å². The molecule has 0 unspecified atom stereocenters. The zero-order valence-corrected chi connectivity index (χ0v) is 8.94. The summed E-state index contributed by atoms with van der Waals surface area (Å²) < 4.78 is 18.6. The summed E-state index contributed by atoms with van der Waals surface area (Å²) in [6.45, 7) is 0. The maximum atomic E-state index is 10.1. The third-order valence-electron chi connectivity index (χ3n) is 0. The Balaban J connectivity index is -0.00000000308. The second-order valence-electron chi connectivity index (χ2n) is 0.491. The molecule has 17 heteroatoms.